The Hall–Kier alpha value is -0.340. The highest BCUT2D eigenvalue weighted by atomic mass is 15.1. The van der Waals surface area contributed by atoms with E-state index in [1.165, 1.54) is 12.0 Å². The SMILES string of the molecule is C=C(C)CNCCN(C)C(C)CC. The smallest absolute Gasteiger partial charge is 0.0159 e. The molecule has 0 spiro atoms. The van der Waals surface area contributed by atoms with Gasteiger partial charge in [-0.3, -0.25) is 0 Å². The zero-order valence-corrected chi connectivity index (χ0v) is 9.56. The predicted octanol–water partition coefficient (Wildman–Crippen LogP) is 1.88. The summed E-state index contributed by atoms with van der Waals surface area (Å²) in [6.07, 6.45) is 1.22. The maximum Gasteiger partial charge on any atom is 0.0159 e. The van der Waals surface area contributed by atoms with Crippen molar-refractivity contribution in [2.45, 2.75) is 33.2 Å². The molecule has 1 N–H and O–H groups in total. The van der Waals surface area contributed by atoms with Gasteiger partial charge in [-0.1, -0.05) is 19.1 Å². The number of rotatable bonds is 7. The summed E-state index contributed by atoms with van der Waals surface area (Å²) >= 11 is 0. The van der Waals surface area contributed by atoms with E-state index < -0.39 is 0 Å². The molecule has 1 unspecified atom stereocenters. The van der Waals surface area contributed by atoms with E-state index in [0.717, 1.165) is 19.6 Å². The first-order valence-electron chi connectivity index (χ1n) is 5.13. The second-order valence-corrected chi connectivity index (χ2v) is 3.87. The van der Waals surface area contributed by atoms with Gasteiger partial charge in [-0.25, -0.2) is 0 Å². The van der Waals surface area contributed by atoms with E-state index in [4.69, 9.17) is 0 Å². The van der Waals surface area contributed by atoms with Gasteiger partial charge in [-0.05, 0) is 27.3 Å². The number of nitrogens with zero attached hydrogens (tertiary/aromatic N) is 1. The fourth-order valence-corrected chi connectivity index (χ4v) is 1.09. The Morgan fingerprint density at radius 2 is 2.15 bits per heavy atom. The lowest BCUT2D eigenvalue weighted by atomic mass is 10.2. The van der Waals surface area contributed by atoms with E-state index >= 15 is 0 Å². The molecule has 78 valence electrons. The Kier molecular flexibility index (Phi) is 6.92. The standard InChI is InChI=1S/C11H24N2/c1-6-11(4)13(5)8-7-12-9-10(2)3/h11-12H,2,6-9H2,1,3-5H3. The van der Waals surface area contributed by atoms with Crippen LogP contribution in [0.2, 0.25) is 0 Å². The molecule has 0 aromatic heterocycles. The molecule has 0 aliphatic rings. The second kappa shape index (κ2) is 7.10. The minimum absolute atomic E-state index is 0.687. The van der Waals surface area contributed by atoms with Gasteiger partial charge in [0, 0.05) is 25.7 Å². The second-order valence-electron chi connectivity index (χ2n) is 3.87. The number of nitrogens with one attached hydrogen (secondary N) is 1. The topological polar surface area (TPSA) is 15.3 Å². The van der Waals surface area contributed by atoms with Crippen molar-refractivity contribution in [2.75, 3.05) is 26.7 Å². The first-order chi connectivity index (χ1) is 6.07. The van der Waals surface area contributed by atoms with Crippen LogP contribution in [0.5, 0.6) is 0 Å². The molecule has 0 aliphatic heterocycles. The molecular weight excluding hydrogens is 160 g/mol. The molecule has 0 saturated heterocycles. The zero-order valence-electron chi connectivity index (χ0n) is 9.56. The molecule has 2 heteroatoms. The third kappa shape index (κ3) is 6.79. The van der Waals surface area contributed by atoms with E-state index in [-0.39, 0.29) is 0 Å². The summed E-state index contributed by atoms with van der Waals surface area (Å²) in [5, 5.41) is 3.35. The molecule has 0 bridgehead atoms. The van der Waals surface area contributed by atoms with Crippen LogP contribution in [0.1, 0.15) is 27.2 Å². The van der Waals surface area contributed by atoms with Crippen LogP contribution < -0.4 is 5.32 Å². The highest BCUT2D eigenvalue weighted by Crippen LogP contribution is 1.98. The molecular formula is C11H24N2. The fourth-order valence-electron chi connectivity index (χ4n) is 1.09. The molecule has 1 atom stereocenters. The lowest BCUT2D eigenvalue weighted by Crippen LogP contribution is -2.35. The van der Waals surface area contributed by atoms with Crippen molar-refractivity contribution in [2.24, 2.45) is 0 Å². The molecule has 0 radical (unpaired) electrons. The first kappa shape index (κ1) is 12.7. The molecule has 0 rings (SSSR count). The van der Waals surface area contributed by atoms with Crippen molar-refractivity contribution in [3.63, 3.8) is 0 Å². The quantitative estimate of drug-likeness (QED) is 0.480. The minimum Gasteiger partial charge on any atom is -0.312 e. The molecule has 0 aliphatic carbocycles. The fraction of sp³-hybridized carbons (Fsp3) is 0.818. The van der Waals surface area contributed by atoms with Crippen LogP contribution in [0.25, 0.3) is 0 Å². The summed E-state index contributed by atoms with van der Waals surface area (Å²) in [5.41, 5.74) is 1.20. The van der Waals surface area contributed by atoms with Crippen molar-refractivity contribution in [3.8, 4) is 0 Å². The Balaban J connectivity index is 3.36. The maximum atomic E-state index is 3.85. The van der Waals surface area contributed by atoms with Crippen LogP contribution in [0.4, 0.5) is 0 Å². The van der Waals surface area contributed by atoms with Gasteiger partial charge >= 0.3 is 0 Å². The molecule has 0 aromatic carbocycles. The van der Waals surface area contributed by atoms with Gasteiger partial charge in [-0.15, -0.1) is 0 Å². The highest BCUT2D eigenvalue weighted by Gasteiger charge is 2.04. The van der Waals surface area contributed by atoms with Gasteiger partial charge in [-0.2, -0.15) is 0 Å². The van der Waals surface area contributed by atoms with Gasteiger partial charge in [0.15, 0.2) is 0 Å². The minimum atomic E-state index is 0.687. The third-order valence-corrected chi connectivity index (χ3v) is 2.41. The summed E-state index contributed by atoms with van der Waals surface area (Å²) in [4.78, 5) is 2.38. The molecule has 0 amide bonds. The number of hydrogen-bond donors (Lipinski definition) is 1. The van der Waals surface area contributed by atoms with Crippen molar-refractivity contribution >= 4 is 0 Å². The Morgan fingerprint density at radius 3 is 2.62 bits per heavy atom. The van der Waals surface area contributed by atoms with E-state index in [2.05, 4.69) is 37.7 Å². The van der Waals surface area contributed by atoms with Crippen LogP contribution in [0, 0.1) is 0 Å². The maximum absolute atomic E-state index is 3.85. The van der Waals surface area contributed by atoms with Crippen molar-refractivity contribution in [1.82, 2.24) is 10.2 Å². The molecule has 0 aromatic rings. The Morgan fingerprint density at radius 1 is 1.54 bits per heavy atom. The highest BCUT2D eigenvalue weighted by molar-refractivity contribution is 4.90. The summed E-state index contributed by atoms with van der Waals surface area (Å²) in [7, 11) is 2.18. The van der Waals surface area contributed by atoms with Crippen LogP contribution in [-0.4, -0.2) is 37.6 Å². The first-order valence-corrected chi connectivity index (χ1v) is 5.13. The summed E-state index contributed by atoms with van der Waals surface area (Å²) in [6.45, 7) is 13.5. The average Bonchev–Trinajstić information content (AvgIpc) is 2.10. The molecule has 0 saturated carbocycles. The lowest BCUT2D eigenvalue weighted by molar-refractivity contribution is 0.253. The molecule has 0 fully saturated rings. The van der Waals surface area contributed by atoms with Gasteiger partial charge in [0.05, 0.1) is 0 Å². The monoisotopic (exact) mass is 184 g/mol. The third-order valence-electron chi connectivity index (χ3n) is 2.41. The van der Waals surface area contributed by atoms with Crippen LogP contribution in [0.3, 0.4) is 0 Å². The molecule has 0 heterocycles. The van der Waals surface area contributed by atoms with Gasteiger partial charge < -0.3 is 10.2 Å². The number of hydrogen-bond acceptors (Lipinski definition) is 2. The van der Waals surface area contributed by atoms with Crippen LogP contribution in [0.15, 0.2) is 12.2 Å². The summed E-state index contributed by atoms with van der Waals surface area (Å²) in [5.74, 6) is 0. The van der Waals surface area contributed by atoms with Gasteiger partial charge in [0.25, 0.3) is 0 Å². The molecule has 13 heavy (non-hydrogen) atoms. The van der Waals surface area contributed by atoms with Crippen molar-refractivity contribution < 1.29 is 0 Å². The summed E-state index contributed by atoms with van der Waals surface area (Å²) < 4.78 is 0. The Bertz CT molecular complexity index is 143. The van der Waals surface area contributed by atoms with Gasteiger partial charge in [0.2, 0.25) is 0 Å². The van der Waals surface area contributed by atoms with Crippen molar-refractivity contribution in [1.29, 1.82) is 0 Å². The summed E-state index contributed by atoms with van der Waals surface area (Å²) in [6, 6.07) is 0.687. The predicted molar refractivity (Wildman–Crippen MR) is 60.1 cm³/mol. The van der Waals surface area contributed by atoms with Crippen LogP contribution in [-0.2, 0) is 0 Å². The van der Waals surface area contributed by atoms with Gasteiger partial charge in [0.1, 0.15) is 0 Å². The van der Waals surface area contributed by atoms with Crippen LogP contribution >= 0.6 is 0 Å². The Labute approximate surface area is 83.0 Å². The molecule has 2 nitrogen and oxygen atoms in total. The largest absolute Gasteiger partial charge is 0.312 e. The average molecular weight is 184 g/mol. The zero-order chi connectivity index (χ0) is 10.3. The van der Waals surface area contributed by atoms with E-state index in [1.807, 2.05) is 6.92 Å². The van der Waals surface area contributed by atoms with E-state index in [0.29, 0.717) is 6.04 Å². The lowest BCUT2D eigenvalue weighted by Gasteiger charge is -2.23. The normalized spacial score (nSPS) is 13.3. The van der Waals surface area contributed by atoms with E-state index in [1.54, 1.807) is 0 Å². The van der Waals surface area contributed by atoms with E-state index in [9.17, 15) is 0 Å². The van der Waals surface area contributed by atoms with Crippen molar-refractivity contribution in [3.05, 3.63) is 12.2 Å². The number of likely N-dealkylation sites (N-methyl/N-ethyl adjacent to an activating group) is 1.